The van der Waals surface area contributed by atoms with Crippen molar-refractivity contribution in [3.63, 3.8) is 0 Å². The summed E-state index contributed by atoms with van der Waals surface area (Å²) < 4.78 is 28.1. The zero-order valence-electron chi connectivity index (χ0n) is 24.8. The fourth-order valence-electron chi connectivity index (χ4n) is 5.18. The molecule has 236 valence electrons. The molecule has 47 heavy (non-hydrogen) atoms. The van der Waals surface area contributed by atoms with Crippen molar-refractivity contribution in [3.05, 3.63) is 165 Å². The molecular weight excluding hydrogens is 689 g/mol. The fourth-order valence-corrected chi connectivity index (χ4v) is 6.55. The number of aromatic nitrogens is 1. The molecule has 1 atom stereocenters. The van der Waals surface area contributed by atoms with Gasteiger partial charge in [-0.3, -0.25) is 19.5 Å². The molecule has 2 heterocycles. The molecule has 0 spiro atoms. The summed E-state index contributed by atoms with van der Waals surface area (Å²) in [6, 6.07) is 25.3. The molecule has 0 bridgehead atoms. The number of carbonyl (C=O) groups excluding carboxylic acids is 1. The van der Waals surface area contributed by atoms with Crippen LogP contribution in [-0.4, -0.2) is 22.1 Å². The van der Waals surface area contributed by atoms with Gasteiger partial charge in [0.15, 0.2) is 4.80 Å². The van der Waals surface area contributed by atoms with Gasteiger partial charge in [0.2, 0.25) is 0 Å². The van der Waals surface area contributed by atoms with Crippen LogP contribution in [0.25, 0.3) is 11.8 Å². The van der Waals surface area contributed by atoms with E-state index >= 15 is 0 Å². The maximum atomic E-state index is 14.2. The second-order valence-electron chi connectivity index (χ2n) is 10.4. The largest absolute Gasteiger partial charge is 0.488 e. The lowest BCUT2D eigenvalue weighted by molar-refractivity contribution is -0.384. The van der Waals surface area contributed by atoms with E-state index in [1.165, 1.54) is 28.8 Å². The van der Waals surface area contributed by atoms with E-state index in [4.69, 9.17) is 14.5 Å². The first-order valence-electron chi connectivity index (χ1n) is 14.4. The van der Waals surface area contributed by atoms with Crippen LogP contribution in [0.15, 0.2) is 117 Å². The smallest absolute Gasteiger partial charge is 0.338 e. The highest BCUT2D eigenvalue weighted by Crippen LogP contribution is 2.35. The summed E-state index contributed by atoms with van der Waals surface area (Å²) in [6.07, 6.45) is 1.69. The molecule has 1 aliphatic heterocycles. The molecule has 6 rings (SSSR count). The van der Waals surface area contributed by atoms with E-state index in [0.29, 0.717) is 37.5 Å². The number of esters is 1. The van der Waals surface area contributed by atoms with Gasteiger partial charge in [0.1, 0.15) is 18.2 Å². The predicted molar refractivity (Wildman–Crippen MR) is 179 cm³/mol. The lowest BCUT2D eigenvalue weighted by Crippen LogP contribution is -2.40. The molecule has 5 aromatic rings. The van der Waals surface area contributed by atoms with E-state index in [1.54, 1.807) is 55.5 Å². The Hall–Kier alpha value is -5.20. The molecule has 1 aromatic heterocycles. The zero-order chi connectivity index (χ0) is 33.1. The molecule has 1 aliphatic rings. The summed E-state index contributed by atoms with van der Waals surface area (Å²) in [5.41, 5.74) is 2.60. The Balaban J connectivity index is 1.49. The number of nitro groups is 1. The monoisotopic (exact) mass is 713 g/mol. The Bertz CT molecular complexity index is 2200. The lowest BCUT2D eigenvalue weighted by atomic mass is 9.93. The van der Waals surface area contributed by atoms with Crippen LogP contribution in [0.3, 0.4) is 0 Å². The Morgan fingerprint density at radius 1 is 1.06 bits per heavy atom. The minimum absolute atomic E-state index is 0.0195. The molecule has 0 N–H and O–H groups in total. The van der Waals surface area contributed by atoms with Crippen LogP contribution < -0.4 is 19.6 Å². The van der Waals surface area contributed by atoms with Crippen LogP contribution in [0.2, 0.25) is 0 Å². The van der Waals surface area contributed by atoms with Gasteiger partial charge in [0.05, 0.1) is 33.4 Å². The van der Waals surface area contributed by atoms with Crippen molar-refractivity contribution >= 4 is 50.7 Å². The number of rotatable bonds is 9. The molecule has 4 aromatic carbocycles. The summed E-state index contributed by atoms with van der Waals surface area (Å²) in [5.74, 6) is -0.612. The van der Waals surface area contributed by atoms with Crippen LogP contribution in [0, 0.1) is 15.9 Å². The topological polar surface area (TPSA) is 113 Å². The van der Waals surface area contributed by atoms with Gasteiger partial charge < -0.3 is 9.47 Å². The molecule has 12 heteroatoms. The number of halogens is 2. The van der Waals surface area contributed by atoms with E-state index < -0.39 is 28.3 Å². The normalized spacial score (nSPS) is 14.4. The van der Waals surface area contributed by atoms with E-state index in [-0.39, 0.29) is 24.5 Å². The summed E-state index contributed by atoms with van der Waals surface area (Å²) >= 11 is 4.64. The number of hydrogen-bond acceptors (Lipinski definition) is 8. The van der Waals surface area contributed by atoms with Crippen molar-refractivity contribution in [2.75, 3.05) is 6.61 Å². The Morgan fingerprint density at radius 3 is 2.47 bits per heavy atom. The average Bonchev–Trinajstić information content (AvgIpc) is 3.38. The van der Waals surface area contributed by atoms with Gasteiger partial charge in [-0.2, -0.15) is 0 Å². The van der Waals surface area contributed by atoms with Crippen LogP contribution in [-0.2, 0) is 16.1 Å². The number of ether oxygens (including phenoxy) is 2. The summed E-state index contributed by atoms with van der Waals surface area (Å²) in [4.78, 5) is 43.5. The van der Waals surface area contributed by atoms with Gasteiger partial charge in [-0.15, -0.1) is 0 Å². The first kappa shape index (κ1) is 31.8. The fraction of sp³-hybridized carbons (Fsp3) is 0.114. The Kier molecular flexibility index (Phi) is 9.23. The SMILES string of the molecule is CCOC(=O)C1=C(c2ccccc2)N=c2s/c(=C\c3cc(Br)ccc3OCc3ccc([N+](=O)[O-])cc3)c(=O)n2[C@@H]1c1ccc(F)cc1. The highest BCUT2D eigenvalue weighted by molar-refractivity contribution is 9.10. The average molecular weight is 715 g/mol. The quantitative estimate of drug-likeness (QED) is 0.100. The van der Waals surface area contributed by atoms with Crippen molar-refractivity contribution in [3.8, 4) is 5.75 Å². The highest BCUT2D eigenvalue weighted by Gasteiger charge is 2.35. The Morgan fingerprint density at radius 2 is 1.79 bits per heavy atom. The maximum absolute atomic E-state index is 14.2. The Labute approximate surface area is 279 Å². The molecule has 0 radical (unpaired) electrons. The van der Waals surface area contributed by atoms with Crippen molar-refractivity contribution in [2.45, 2.75) is 19.6 Å². The number of nitrogens with zero attached hydrogens (tertiary/aromatic N) is 3. The number of fused-ring (bicyclic) bond motifs is 1. The van der Waals surface area contributed by atoms with Gasteiger partial charge >= 0.3 is 5.97 Å². The number of non-ortho nitro benzene ring substituents is 1. The van der Waals surface area contributed by atoms with Gasteiger partial charge in [0.25, 0.3) is 11.2 Å². The first-order chi connectivity index (χ1) is 22.7. The second kappa shape index (κ2) is 13.7. The minimum atomic E-state index is -0.941. The van der Waals surface area contributed by atoms with Gasteiger partial charge in [-0.1, -0.05) is 69.7 Å². The number of benzene rings is 4. The van der Waals surface area contributed by atoms with Gasteiger partial charge in [-0.05, 0) is 66.6 Å². The van der Waals surface area contributed by atoms with Crippen LogP contribution in [0.5, 0.6) is 5.75 Å². The van der Waals surface area contributed by atoms with Gasteiger partial charge in [-0.25, -0.2) is 14.2 Å². The van der Waals surface area contributed by atoms with Crippen molar-refractivity contribution in [1.82, 2.24) is 4.57 Å². The number of carbonyl (C=O) groups is 1. The van der Waals surface area contributed by atoms with Crippen LogP contribution in [0.1, 0.15) is 35.2 Å². The second-order valence-corrected chi connectivity index (χ2v) is 12.3. The molecule has 0 saturated heterocycles. The van der Waals surface area contributed by atoms with Crippen LogP contribution >= 0.6 is 27.3 Å². The molecule has 0 fully saturated rings. The third-order valence-corrected chi connectivity index (χ3v) is 8.84. The summed E-state index contributed by atoms with van der Waals surface area (Å²) in [5, 5.41) is 11.0. The van der Waals surface area contributed by atoms with Crippen LogP contribution in [0.4, 0.5) is 10.1 Å². The van der Waals surface area contributed by atoms with Crippen molar-refractivity contribution in [1.29, 1.82) is 0 Å². The number of thiazole rings is 1. The molecular formula is C35H25BrFN3O6S. The third kappa shape index (κ3) is 6.69. The molecule has 0 aliphatic carbocycles. The summed E-state index contributed by atoms with van der Waals surface area (Å²) in [7, 11) is 0. The number of nitro benzene ring substituents is 1. The first-order valence-corrected chi connectivity index (χ1v) is 16.0. The minimum Gasteiger partial charge on any atom is -0.488 e. The summed E-state index contributed by atoms with van der Waals surface area (Å²) in [6.45, 7) is 1.94. The standard InChI is InChI=1S/C35H25BrFN3O6S/c1-2-45-34(42)30-31(22-6-4-3-5-7-22)38-35-39(32(30)23-10-13-26(37)14-11-23)33(41)29(47-35)19-24-18-25(36)12-17-28(24)46-20-21-8-15-27(16-9-21)40(43)44/h3-19,32H,2,20H2,1H3/b29-19-/t32-/m1/s1. The highest BCUT2D eigenvalue weighted by atomic mass is 79.9. The van der Waals surface area contributed by atoms with Gasteiger partial charge in [0, 0.05) is 27.7 Å². The van der Waals surface area contributed by atoms with E-state index in [9.17, 15) is 24.1 Å². The van der Waals surface area contributed by atoms with Crippen molar-refractivity contribution < 1.29 is 23.6 Å². The van der Waals surface area contributed by atoms with Crippen molar-refractivity contribution in [2.24, 2.45) is 4.99 Å². The van der Waals surface area contributed by atoms with E-state index in [1.807, 2.05) is 30.3 Å². The zero-order valence-corrected chi connectivity index (χ0v) is 27.2. The van der Waals surface area contributed by atoms with E-state index in [2.05, 4.69) is 15.9 Å². The van der Waals surface area contributed by atoms with E-state index in [0.717, 1.165) is 21.4 Å². The predicted octanol–water partition coefficient (Wildman–Crippen LogP) is 6.32. The molecule has 9 nitrogen and oxygen atoms in total. The maximum Gasteiger partial charge on any atom is 0.338 e. The molecule has 0 saturated carbocycles. The number of hydrogen-bond donors (Lipinski definition) is 0. The third-order valence-electron chi connectivity index (χ3n) is 7.36. The molecule has 0 amide bonds. The lowest BCUT2D eigenvalue weighted by Gasteiger charge is -2.25. The molecule has 0 unspecified atom stereocenters.